The van der Waals surface area contributed by atoms with Crippen molar-refractivity contribution in [2.75, 3.05) is 13.1 Å². The Labute approximate surface area is 48.2 Å². The third-order valence-corrected chi connectivity index (χ3v) is 1.46. The molecule has 3 nitrogen and oxygen atoms in total. The number of primary amides is 1. The van der Waals surface area contributed by atoms with E-state index in [1.807, 2.05) is 0 Å². The third-order valence-electron chi connectivity index (χ3n) is 1.46. The Hall–Kier alpha value is -0.570. The van der Waals surface area contributed by atoms with Gasteiger partial charge in [-0.3, -0.25) is 4.79 Å². The zero-order valence-corrected chi connectivity index (χ0v) is 4.68. The minimum atomic E-state index is -0.171. The molecule has 1 aliphatic heterocycles. The molecule has 0 unspecified atom stereocenters. The highest BCUT2D eigenvalue weighted by Gasteiger charge is 2.18. The second-order valence-electron chi connectivity index (χ2n) is 2.09. The molecule has 1 fully saturated rings. The molecular weight excluding hydrogens is 104 g/mol. The van der Waals surface area contributed by atoms with Gasteiger partial charge in [-0.15, -0.1) is 0 Å². The summed E-state index contributed by atoms with van der Waals surface area (Å²) in [5, 5.41) is 3.05. The number of hydrogen-bond donors (Lipinski definition) is 2. The minimum absolute atomic E-state index is 0.0926. The van der Waals surface area contributed by atoms with Crippen LogP contribution < -0.4 is 11.1 Å². The van der Waals surface area contributed by atoms with E-state index in [0.717, 1.165) is 19.5 Å². The highest BCUT2D eigenvalue weighted by atomic mass is 16.1. The van der Waals surface area contributed by atoms with Crippen LogP contribution in [0.25, 0.3) is 0 Å². The lowest BCUT2D eigenvalue weighted by Gasteiger charge is -1.98. The van der Waals surface area contributed by atoms with Crippen LogP contribution in [0.4, 0.5) is 0 Å². The van der Waals surface area contributed by atoms with Gasteiger partial charge in [0.1, 0.15) is 0 Å². The molecule has 3 N–H and O–H groups in total. The molecule has 1 saturated heterocycles. The van der Waals surface area contributed by atoms with Gasteiger partial charge < -0.3 is 11.1 Å². The van der Waals surface area contributed by atoms with Crippen LogP contribution >= 0.6 is 0 Å². The summed E-state index contributed by atoms with van der Waals surface area (Å²) in [4.78, 5) is 10.4. The fourth-order valence-corrected chi connectivity index (χ4v) is 0.897. The zero-order valence-electron chi connectivity index (χ0n) is 4.68. The van der Waals surface area contributed by atoms with E-state index in [1.165, 1.54) is 0 Å². The summed E-state index contributed by atoms with van der Waals surface area (Å²) in [6.07, 6.45) is 0.912. The van der Waals surface area contributed by atoms with Gasteiger partial charge in [-0.2, -0.15) is 0 Å². The number of nitrogens with one attached hydrogen (secondary N) is 1. The van der Waals surface area contributed by atoms with E-state index in [-0.39, 0.29) is 11.8 Å². The summed E-state index contributed by atoms with van der Waals surface area (Å²) < 4.78 is 0. The molecule has 0 saturated carbocycles. The summed E-state index contributed by atoms with van der Waals surface area (Å²) in [6, 6.07) is 0. The first-order chi connectivity index (χ1) is 3.80. The molecule has 8 heavy (non-hydrogen) atoms. The Balaban J connectivity index is 2.35. The van der Waals surface area contributed by atoms with Gasteiger partial charge in [-0.25, -0.2) is 0 Å². The highest BCUT2D eigenvalue weighted by molar-refractivity contribution is 5.77. The van der Waals surface area contributed by atoms with Crippen molar-refractivity contribution in [3.63, 3.8) is 0 Å². The van der Waals surface area contributed by atoms with Crippen molar-refractivity contribution in [3.05, 3.63) is 0 Å². The monoisotopic (exact) mass is 114 g/mol. The maximum Gasteiger partial charge on any atom is 0.221 e. The van der Waals surface area contributed by atoms with E-state index in [4.69, 9.17) is 5.73 Å². The summed E-state index contributed by atoms with van der Waals surface area (Å²) in [5.74, 6) is -0.0787. The van der Waals surface area contributed by atoms with Crippen LogP contribution in [0.3, 0.4) is 0 Å². The molecule has 3 heteroatoms. The molecule has 0 aromatic carbocycles. The van der Waals surface area contributed by atoms with E-state index in [2.05, 4.69) is 5.32 Å². The normalized spacial score (nSPS) is 28.2. The lowest BCUT2D eigenvalue weighted by atomic mass is 10.1. The smallest absolute Gasteiger partial charge is 0.221 e. The Bertz CT molecular complexity index is 96.6. The van der Waals surface area contributed by atoms with Crippen LogP contribution in [0.5, 0.6) is 0 Å². The van der Waals surface area contributed by atoms with Gasteiger partial charge >= 0.3 is 0 Å². The zero-order chi connectivity index (χ0) is 5.98. The van der Waals surface area contributed by atoms with Crippen molar-refractivity contribution >= 4 is 5.91 Å². The lowest BCUT2D eigenvalue weighted by molar-refractivity contribution is -0.121. The number of carbonyl (C=O) groups excluding carboxylic acids is 1. The number of amides is 1. The number of hydrogen-bond acceptors (Lipinski definition) is 2. The van der Waals surface area contributed by atoms with Gasteiger partial charge in [0.2, 0.25) is 5.91 Å². The molecule has 1 amide bonds. The molecule has 0 radical (unpaired) electrons. The van der Waals surface area contributed by atoms with Gasteiger partial charge in [-0.1, -0.05) is 0 Å². The molecule has 0 aromatic heterocycles. The molecule has 0 spiro atoms. The molecule has 0 aliphatic carbocycles. The van der Waals surface area contributed by atoms with Crippen molar-refractivity contribution in [3.8, 4) is 0 Å². The van der Waals surface area contributed by atoms with Crippen LogP contribution in [0.15, 0.2) is 0 Å². The van der Waals surface area contributed by atoms with E-state index in [9.17, 15) is 4.79 Å². The second kappa shape index (κ2) is 2.13. The molecule has 46 valence electrons. The van der Waals surface area contributed by atoms with Gasteiger partial charge in [-0.05, 0) is 13.0 Å². The van der Waals surface area contributed by atoms with Crippen molar-refractivity contribution in [2.45, 2.75) is 6.42 Å². The fourth-order valence-electron chi connectivity index (χ4n) is 0.897. The first-order valence-electron chi connectivity index (χ1n) is 2.81. The SMILES string of the molecule is NC(=O)[C@@H]1CCNC1. The van der Waals surface area contributed by atoms with Crippen molar-refractivity contribution in [2.24, 2.45) is 11.7 Å². The maximum absolute atomic E-state index is 10.4. The van der Waals surface area contributed by atoms with Crippen LogP contribution in [-0.4, -0.2) is 19.0 Å². The lowest BCUT2D eigenvalue weighted by Crippen LogP contribution is -2.24. The largest absolute Gasteiger partial charge is 0.369 e. The van der Waals surface area contributed by atoms with Gasteiger partial charge in [0, 0.05) is 6.54 Å². The standard InChI is InChI=1S/C5H10N2O/c6-5(8)4-1-2-7-3-4/h4,7H,1-3H2,(H2,6,8)/t4-/m1/s1. The first kappa shape index (κ1) is 5.56. The van der Waals surface area contributed by atoms with E-state index in [0.29, 0.717) is 0 Å². The average Bonchev–Trinajstić information content (AvgIpc) is 2.12. The molecule has 1 atom stereocenters. The van der Waals surface area contributed by atoms with Gasteiger partial charge in [0.25, 0.3) is 0 Å². The van der Waals surface area contributed by atoms with Crippen LogP contribution in [0.1, 0.15) is 6.42 Å². The van der Waals surface area contributed by atoms with Crippen LogP contribution in [0.2, 0.25) is 0 Å². The second-order valence-corrected chi connectivity index (χ2v) is 2.09. The Morgan fingerprint density at radius 1 is 1.75 bits per heavy atom. The summed E-state index contributed by atoms with van der Waals surface area (Å²) in [7, 11) is 0. The number of carbonyl (C=O) groups is 1. The van der Waals surface area contributed by atoms with E-state index >= 15 is 0 Å². The maximum atomic E-state index is 10.4. The Morgan fingerprint density at radius 2 is 2.50 bits per heavy atom. The molecule has 0 aromatic rings. The van der Waals surface area contributed by atoms with Crippen molar-refractivity contribution < 1.29 is 4.79 Å². The van der Waals surface area contributed by atoms with Crippen LogP contribution in [0, 0.1) is 5.92 Å². The molecular formula is C5H10N2O. The molecule has 0 bridgehead atoms. The summed E-state index contributed by atoms with van der Waals surface area (Å²) in [6.45, 7) is 1.71. The highest BCUT2D eigenvalue weighted by Crippen LogP contribution is 2.04. The quantitative estimate of drug-likeness (QED) is 0.463. The topological polar surface area (TPSA) is 55.1 Å². The third kappa shape index (κ3) is 0.980. The molecule has 1 rings (SSSR count). The Kier molecular flexibility index (Phi) is 1.48. The van der Waals surface area contributed by atoms with Gasteiger partial charge in [0.15, 0.2) is 0 Å². The fraction of sp³-hybridized carbons (Fsp3) is 0.800. The van der Waals surface area contributed by atoms with Gasteiger partial charge in [0.05, 0.1) is 5.92 Å². The van der Waals surface area contributed by atoms with Crippen LogP contribution in [-0.2, 0) is 4.79 Å². The van der Waals surface area contributed by atoms with E-state index < -0.39 is 0 Å². The first-order valence-corrected chi connectivity index (χ1v) is 2.81. The summed E-state index contributed by atoms with van der Waals surface area (Å²) >= 11 is 0. The van der Waals surface area contributed by atoms with Crippen molar-refractivity contribution in [1.29, 1.82) is 0 Å². The van der Waals surface area contributed by atoms with E-state index in [1.54, 1.807) is 0 Å². The average molecular weight is 114 g/mol. The predicted octanol–water partition coefficient (Wildman–Crippen LogP) is -0.919. The molecule has 1 heterocycles. The number of rotatable bonds is 1. The number of nitrogens with two attached hydrogens (primary N) is 1. The summed E-state index contributed by atoms with van der Waals surface area (Å²) in [5.41, 5.74) is 5.02. The predicted molar refractivity (Wildman–Crippen MR) is 30.2 cm³/mol. The minimum Gasteiger partial charge on any atom is -0.369 e. The Morgan fingerprint density at radius 3 is 2.75 bits per heavy atom. The molecule has 1 aliphatic rings. The van der Waals surface area contributed by atoms with Crippen molar-refractivity contribution in [1.82, 2.24) is 5.32 Å².